The van der Waals surface area contributed by atoms with Gasteiger partial charge in [-0.2, -0.15) is 11.8 Å². The molecule has 2 aliphatic heterocycles. The molecule has 1 saturated carbocycles. The Morgan fingerprint density at radius 2 is 2.08 bits per heavy atom. The number of fused-ring (bicyclic) bond motifs is 1. The first-order chi connectivity index (χ1) is 6.40. The second kappa shape index (κ2) is 3.14. The number of thioether (sulfide) groups is 1. The standard InChI is InChI=1S/C10H18N2S/c11-3-8-9-4-12(5-10(8)9)7-1-2-13-6-7/h7-10H,1-6,11H2. The van der Waals surface area contributed by atoms with E-state index in [0.717, 1.165) is 30.3 Å². The van der Waals surface area contributed by atoms with Gasteiger partial charge in [0, 0.05) is 24.9 Å². The minimum atomic E-state index is 0.894. The summed E-state index contributed by atoms with van der Waals surface area (Å²) >= 11 is 2.13. The maximum absolute atomic E-state index is 5.70. The Morgan fingerprint density at radius 1 is 1.31 bits per heavy atom. The van der Waals surface area contributed by atoms with Crippen LogP contribution in [0.1, 0.15) is 6.42 Å². The Kier molecular flexibility index (Phi) is 2.07. The third-order valence-electron chi connectivity index (χ3n) is 4.09. The highest BCUT2D eigenvalue weighted by Gasteiger charge is 2.55. The van der Waals surface area contributed by atoms with Crippen molar-refractivity contribution in [2.75, 3.05) is 31.1 Å². The molecule has 2 N–H and O–H groups in total. The number of rotatable bonds is 2. The first-order valence-electron chi connectivity index (χ1n) is 5.42. The van der Waals surface area contributed by atoms with Crippen molar-refractivity contribution in [3.8, 4) is 0 Å². The van der Waals surface area contributed by atoms with Gasteiger partial charge in [0.15, 0.2) is 0 Å². The van der Waals surface area contributed by atoms with Gasteiger partial charge in [0.1, 0.15) is 0 Å². The number of piperidine rings is 1. The minimum Gasteiger partial charge on any atom is -0.330 e. The van der Waals surface area contributed by atoms with Crippen molar-refractivity contribution in [1.29, 1.82) is 0 Å². The van der Waals surface area contributed by atoms with Gasteiger partial charge in [-0.25, -0.2) is 0 Å². The van der Waals surface area contributed by atoms with E-state index in [0.29, 0.717) is 0 Å². The largest absolute Gasteiger partial charge is 0.330 e. The molecule has 74 valence electrons. The summed E-state index contributed by atoms with van der Waals surface area (Å²) in [7, 11) is 0. The second-order valence-corrected chi connectivity index (χ2v) is 5.85. The lowest BCUT2D eigenvalue weighted by molar-refractivity contribution is 0.225. The maximum Gasteiger partial charge on any atom is 0.0194 e. The van der Waals surface area contributed by atoms with E-state index in [9.17, 15) is 0 Å². The number of nitrogens with zero attached hydrogens (tertiary/aromatic N) is 1. The fourth-order valence-corrected chi connectivity index (χ4v) is 4.39. The molecule has 3 rings (SSSR count). The third kappa shape index (κ3) is 1.32. The molecule has 3 aliphatic rings. The van der Waals surface area contributed by atoms with E-state index in [4.69, 9.17) is 5.73 Å². The second-order valence-electron chi connectivity index (χ2n) is 4.70. The van der Waals surface area contributed by atoms with E-state index in [1.165, 1.54) is 31.0 Å². The summed E-state index contributed by atoms with van der Waals surface area (Å²) in [5.74, 6) is 5.63. The highest BCUT2D eigenvalue weighted by molar-refractivity contribution is 7.99. The van der Waals surface area contributed by atoms with Crippen LogP contribution in [0.2, 0.25) is 0 Å². The van der Waals surface area contributed by atoms with Crippen molar-refractivity contribution in [1.82, 2.24) is 4.90 Å². The Morgan fingerprint density at radius 3 is 2.62 bits per heavy atom. The monoisotopic (exact) mass is 198 g/mol. The molecule has 2 nitrogen and oxygen atoms in total. The summed E-state index contributed by atoms with van der Waals surface area (Å²) in [6.07, 6.45) is 1.43. The van der Waals surface area contributed by atoms with Gasteiger partial charge in [-0.05, 0) is 36.5 Å². The highest BCUT2D eigenvalue weighted by Crippen LogP contribution is 2.51. The Balaban J connectivity index is 1.55. The SMILES string of the molecule is NCC1C2CN(C3CCSC3)CC12. The van der Waals surface area contributed by atoms with Gasteiger partial charge in [-0.1, -0.05) is 0 Å². The summed E-state index contributed by atoms with van der Waals surface area (Å²) in [5, 5.41) is 0. The average molecular weight is 198 g/mol. The van der Waals surface area contributed by atoms with Crippen LogP contribution in [0.25, 0.3) is 0 Å². The molecule has 0 aromatic rings. The highest BCUT2D eigenvalue weighted by atomic mass is 32.2. The Hall–Kier alpha value is 0.270. The third-order valence-corrected chi connectivity index (χ3v) is 5.24. The van der Waals surface area contributed by atoms with Crippen LogP contribution in [0.5, 0.6) is 0 Å². The topological polar surface area (TPSA) is 29.3 Å². The lowest BCUT2D eigenvalue weighted by atomic mass is 10.2. The van der Waals surface area contributed by atoms with Gasteiger partial charge in [-0.3, -0.25) is 4.90 Å². The molecule has 0 bridgehead atoms. The zero-order valence-electron chi connectivity index (χ0n) is 7.98. The van der Waals surface area contributed by atoms with Gasteiger partial charge in [0.25, 0.3) is 0 Å². The molecule has 0 spiro atoms. The Labute approximate surface area is 84.2 Å². The molecular formula is C10H18N2S. The van der Waals surface area contributed by atoms with Gasteiger partial charge >= 0.3 is 0 Å². The van der Waals surface area contributed by atoms with Crippen LogP contribution in [-0.2, 0) is 0 Å². The van der Waals surface area contributed by atoms with Gasteiger partial charge in [-0.15, -0.1) is 0 Å². The van der Waals surface area contributed by atoms with E-state index >= 15 is 0 Å². The maximum atomic E-state index is 5.70. The van der Waals surface area contributed by atoms with Gasteiger partial charge < -0.3 is 5.73 Å². The van der Waals surface area contributed by atoms with Crippen LogP contribution in [-0.4, -0.2) is 42.1 Å². The van der Waals surface area contributed by atoms with Crippen molar-refractivity contribution in [2.24, 2.45) is 23.5 Å². The molecule has 2 heterocycles. The number of hydrogen-bond acceptors (Lipinski definition) is 3. The molecule has 1 aliphatic carbocycles. The van der Waals surface area contributed by atoms with Crippen LogP contribution in [0.4, 0.5) is 0 Å². The van der Waals surface area contributed by atoms with E-state index in [1.54, 1.807) is 0 Å². The van der Waals surface area contributed by atoms with Crippen LogP contribution >= 0.6 is 11.8 Å². The average Bonchev–Trinajstić information content (AvgIpc) is 2.68. The zero-order chi connectivity index (χ0) is 8.84. The van der Waals surface area contributed by atoms with Crippen molar-refractivity contribution in [3.05, 3.63) is 0 Å². The van der Waals surface area contributed by atoms with Crippen molar-refractivity contribution in [3.63, 3.8) is 0 Å². The molecule has 0 aromatic heterocycles. The van der Waals surface area contributed by atoms with E-state index in [-0.39, 0.29) is 0 Å². The normalized spacial score (nSPS) is 49.6. The summed E-state index contributed by atoms with van der Waals surface area (Å²) in [6, 6.07) is 0.913. The fraction of sp³-hybridized carbons (Fsp3) is 1.00. The van der Waals surface area contributed by atoms with Gasteiger partial charge in [0.05, 0.1) is 0 Å². The predicted octanol–water partition coefficient (Wildman–Crippen LogP) is 0.628. The van der Waals surface area contributed by atoms with Crippen molar-refractivity contribution >= 4 is 11.8 Å². The smallest absolute Gasteiger partial charge is 0.0194 e. The summed E-state index contributed by atoms with van der Waals surface area (Å²) in [6.45, 7) is 3.65. The molecular weight excluding hydrogens is 180 g/mol. The molecule has 2 saturated heterocycles. The summed E-state index contributed by atoms with van der Waals surface area (Å²) in [5.41, 5.74) is 5.70. The minimum absolute atomic E-state index is 0.894. The van der Waals surface area contributed by atoms with Crippen LogP contribution in [0, 0.1) is 17.8 Å². The number of nitrogens with two attached hydrogens (primary N) is 1. The molecule has 0 radical (unpaired) electrons. The fourth-order valence-electron chi connectivity index (χ4n) is 3.14. The summed E-state index contributed by atoms with van der Waals surface area (Å²) < 4.78 is 0. The molecule has 3 unspecified atom stereocenters. The molecule has 3 atom stereocenters. The van der Waals surface area contributed by atoms with E-state index in [1.807, 2.05) is 0 Å². The lowest BCUT2D eigenvalue weighted by Crippen LogP contribution is -2.36. The number of likely N-dealkylation sites (tertiary alicyclic amines) is 1. The van der Waals surface area contributed by atoms with E-state index in [2.05, 4.69) is 16.7 Å². The summed E-state index contributed by atoms with van der Waals surface area (Å²) in [4.78, 5) is 2.72. The molecule has 13 heavy (non-hydrogen) atoms. The van der Waals surface area contributed by atoms with Gasteiger partial charge in [0.2, 0.25) is 0 Å². The van der Waals surface area contributed by atoms with Crippen LogP contribution in [0.3, 0.4) is 0 Å². The zero-order valence-corrected chi connectivity index (χ0v) is 8.80. The van der Waals surface area contributed by atoms with Crippen LogP contribution in [0.15, 0.2) is 0 Å². The molecule has 0 amide bonds. The number of hydrogen-bond donors (Lipinski definition) is 1. The lowest BCUT2D eigenvalue weighted by Gasteiger charge is -2.25. The Bertz CT molecular complexity index is 191. The van der Waals surface area contributed by atoms with Crippen molar-refractivity contribution < 1.29 is 0 Å². The quantitative estimate of drug-likeness (QED) is 0.705. The van der Waals surface area contributed by atoms with Crippen LogP contribution < -0.4 is 5.73 Å². The molecule has 0 aromatic carbocycles. The molecule has 3 fully saturated rings. The predicted molar refractivity (Wildman–Crippen MR) is 56.8 cm³/mol. The van der Waals surface area contributed by atoms with E-state index < -0.39 is 0 Å². The molecule has 3 heteroatoms. The first-order valence-corrected chi connectivity index (χ1v) is 6.57. The first kappa shape index (κ1) is 8.57. The van der Waals surface area contributed by atoms with Crippen molar-refractivity contribution in [2.45, 2.75) is 12.5 Å².